The fraction of sp³-hybridized carbons (Fsp3) is 0.600. The first kappa shape index (κ1) is 13.9. The lowest BCUT2D eigenvalue weighted by Gasteiger charge is -2.39. The maximum Gasteiger partial charge on any atom is 0.171 e. The zero-order valence-electron chi connectivity index (χ0n) is 11.4. The molecule has 2 unspecified atom stereocenters. The fourth-order valence-electron chi connectivity index (χ4n) is 2.89. The lowest BCUT2D eigenvalue weighted by molar-refractivity contribution is -0.206. The Morgan fingerprint density at radius 3 is 2.80 bits per heavy atom. The smallest absolute Gasteiger partial charge is 0.171 e. The van der Waals surface area contributed by atoms with E-state index in [0.29, 0.717) is 25.2 Å². The van der Waals surface area contributed by atoms with Crippen LogP contribution in [-0.4, -0.2) is 31.1 Å². The molecule has 0 radical (unpaired) electrons. The van der Waals surface area contributed by atoms with E-state index in [0.717, 1.165) is 12.8 Å². The van der Waals surface area contributed by atoms with Gasteiger partial charge in [0, 0.05) is 24.4 Å². The van der Waals surface area contributed by atoms with E-state index in [1.165, 1.54) is 6.07 Å². The average molecular weight is 281 g/mol. The van der Waals surface area contributed by atoms with E-state index in [4.69, 9.17) is 19.9 Å². The molecule has 1 aliphatic carbocycles. The number of rotatable bonds is 3. The number of hydrogen-bond donors (Lipinski definition) is 1. The molecule has 2 N–H and O–H groups in total. The molecule has 1 heterocycles. The first-order chi connectivity index (χ1) is 9.69. The summed E-state index contributed by atoms with van der Waals surface area (Å²) in [5.41, 5.74) is 6.65. The summed E-state index contributed by atoms with van der Waals surface area (Å²) < 4.78 is 30.8. The van der Waals surface area contributed by atoms with E-state index in [2.05, 4.69) is 0 Å². The second kappa shape index (κ2) is 5.77. The van der Waals surface area contributed by atoms with Crippen molar-refractivity contribution in [3.8, 4) is 0 Å². The van der Waals surface area contributed by atoms with Crippen LogP contribution in [0.3, 0.4) is 0 Å². The van der Waals surface area contributed by atoms with Crippen LogP contribution in [0, 0.1) is 5.82 Å². The van der Waals surface area contributed by atoms with E-state index in [1.54, 1.807) is 18.2 Å². The molecular formula is C15H20FNO3. The van der Waals surface area contributed by atoms with Crippen molar-refractivity contribution in [1.29, 1.82) is 0 Å². The highest BCUT2D eigenvalue weighted by Gasteiger charge is 2.44. The Kier molecular flexibility index (Phi) is 4.03. The monoisotopic (exact) mass is 281 g/mol. The van der Waals surface area contributed by atoms with Gasteiger partial charge in [-0.3, -0.25) is 0 Å². The van der Waals surface area contributed by atoms with Gasteiger partial charge in [0.15, 0.2) is 5.79 Å². The van der Waals surface area contributed by atoms with Gasteiger partial charge in [0.25, 0.3) is 0 Å². The molecule has 2 fully saturated rings. The Hall–Kier alpha value is -1.01. The summed E-state index contributed by atoms with van der Waals surface area (Å²) in [4.78, 5) is 0. The molecule has 1 spiro atoms. The minimum atomic E-state index is -0.532. The van der Waals surface area contributed by atoms with Crippen LogP contribution in [0.1, 0.15) is 24.8 Å². The summed E-state index contributed by atoms with van der Waals surface area (Å²) in [5, 5.41) is 0. The highest BCUT2D eigenvalue weighted by molar-refractivity contribution is 5.16. The molecule has 2 aliphatic rings. The van der Waals surface area contributed by atoms with Crippen LogP contribution >= 0.6 is 0 Å². The van der Waals surface area contributed by atoms with E-state index in [9.17, 15) is 4.39 Å². The normalized spacial score (nSPS) is 28.9. The first-order valence-corrected chi connectivity index (χ1v) is 7.07. The van der Waals surface area contributed by atoms with Crippen LogP contribution in [-0.2, 0) is 20.8 Å². The second-order valence-electron chi connectivity index (χ2n) is 5.46. The molecule has 1 aromatic rings. The molecule has 20 heavy (non-hydrogen) atoms. The SMILES string of the molecule is NC1CCC2(CC1OCc1ccccc1F)OCCO2. The fourth-order valence-corrected chi connectivity index (χ4v) is 2.89. The van der Waals surface area contributed by atoms with E-state index in [-0.39, 0.29) is 24.6 Å². The number of halogens is 1. The highest BCUT2D eigenvalue weighted by atomic mass is 19.1. The van der Waals surface area contributed by atoms with Crippen LogP contribution in [0.5, 0.6) is 0 Å². The van der Waals surface area contributed by atoms with E-state index in [1.807, 2.05) is 0 Å². The predicted molar refractivity (Wildman–Crippen MR) is 71.4 cm³/mol. The van der Waals surface area contributed by atoms with Gasteiger partial charge in [0.2, 0.25) is 0 Å². The van der Waals surface area contributed by atoms with Crippen molar-refractivity contribution in [2.45, 2.75) is 43.8 Å². The summed E-state index contributed by atoms with van der Waals surface area (Å²) in [6.07, 6.45) is 2.04. The largest absolute Gasteiger partial charge is 0.372 e. The summed E-state index contributed by atoms with van der Waals surface area (Å²) in [7, 11) is 0. The maximum absolute atomic E-state index is 13.6. The first-order valence-electron chi connectivity index (χ1n) is 7.07. The van der Waals surface area contributed by atoms with Gasteiger partial charge in [-0.15, -0.1) is 0 Å². The quantitative estimate of drug-likeness (QED) is 0.920. The standard InChI is InChI=1S/C15H20FNO3/c16-12-4-2-1-3-11(12)10-18-14-9-15(6-5-13(14)17)19-7-8-20-15/h1-4,13-14H,5-10,17H2. The molecular weight excluding hydrogens is 261 g/mol. The molecule has 2 atom stereocenters. The van der Waals surface area contributed by atoms with Crippen LogP contribution in [0.25, 0.3) is 0 Å². The molecule has 0 amide bonds. The summed E-state index contributed by atoms with van der Waals surface area (Å²) in [6.45, 7) is 1.46. The third-order valence-corrected chi connectivity index (χ3v) is 4.07. The molecule has 4 nitrogen and oxygen atoms in total. The zero-order chi connectivity index (χ0) is 14.0. The Bertz CT molecular complexity index is 462. The Balaban J connectivity index is 1.62. The molecule has 1 saturated heterocycles. The Morgan fingerprint density at radius 2 is 2.05 bits per heavy atom. The van der Waals surface area contributed by atoms with Gasteiger partial charge in [-0.1, -0.05) is 18.2 Å². The van der Waals surface area contributed by atoms with Crippen LogP contribution < -0.4 is 5.73 Å². The zero-order valence-corrected chi connectivity index (χ0v) is 11.4. The van der Waals surface area contributed by atoms with E-state index < -0.39 is 5.79 Å². The number of hydrogen-bond acceptors (Lipinski definition) is 4. The molecule has 1 aliphatic heterocycles. The van der Waals surface area contributed by atoms with Crippen LogP contribution in [0.15, 0.2) is 24.3 Å². The van der Waals surface area contributed by atoms with Crippen molar-refractivity contribution in [2.24, 2.45) is 5.73 Å². The van der Waals surface area contributed by atoms with Gasteiger partial charge in [0.05, 0.1) is 25.9 Å². The third kappa shape index (κ3) is 2.86. The van der Waals surface area contributed by atoms with E-state index >= 15 is 0 Å². The third-order valence-electron chi connectivity index (χ3n) is 4.07. The summed E-state index contributed by atoms with van der Waals surface area (Å²) in [5.74, 6) is -0.782. The minimum absolute atomic E-state index is 0.0554. The molecule has 1 aromatic carbocycles. The predicted octanol–water partition coefficient (Wildman–Crippen LogP) is 1.97. The second-order valence-corrected chi connectivity index (χ2v) is 5.46. The lowest BCUT2D eigenvalue weighted by atomic mass is 9.88. The van der Waals surface area contributed by atoms with Crippen molar-refractivity contribution in [3.63, 3.8) is 0 Å². The van der Waals surface area contributed by atoms with Gasteiger partial charge >= 0.3 is 0 Å². The van der Waals surface area contributed by atoms with Crippen LogP contribution in [0.4, 0.5) is 4.39 Å². The summed E-state index contributed by atoms with van der Waals surface area (Å²) in [6, 6.07) is 6.57. The summed E-state index contributed by atoms with van der Waals surface area (Å²) >= 11 is 0. The Labute approximate surface area is 118 Å². The number of nitrogens with two attached hydrogens (primary N) is 1. The molecule has 0 bridgehead atoms. The van der Waals surface area contributed by atoms with Gasteiger partial charge in [-0.05, 0) is 12.5 Å². The van der Waals surface area contributed by atoms with Gasteiger partial charge in [-0.2, -0.15) is 0 Å². The van der Waals surface area contributed by atoms with Crippen molar-refractivity contribution >= 4 is 0 Å². The highest BCUT2D eigenvalue weighted by Crippen LogP contribution is 2.36. The number of benzene rings is 1. The van der Waals surface area contributed by atoms with Crippen molar-refractivity contribution in [2.75, 3.05) is 13.2 Å². The molecule has 3 rings (SSSR count). The van der Waals surface area contributed by atoms with Gasteiger partial charge in [0.1, 0.15) is 5.82 Å². The van der Waals surface area contributed by atoms with Gasteiger partial charge < -0.3 is 19.9 Å². The lowest BCUT2D eigenvalue weighted by Crippen LogP contribution is -2.50. The molecule has 0 aromatic heterocycles. The van der Waals surface area contributed by atoms with Crippen molar-refractivity contribution in [1.82, 2.24) is 0 Å². The van der Waals surface area contributed by atoms with Crippen molar-refractivity contribution in [3.05, 3.63) is 35.6 Å². The molecule has 5 heteroatoms. The van der Waals surface area contributed by atoms with Crippen molar-refractivity contribution < 1.29 is 18.6 Å². The molecule has 1 saturated carbocycles. The Morgan fingerprint density at radius 1 is 1.30 bits per heavy atom. The molecule has 110 valence electrons. The topological polar surface area (TPSA) is 53.7 Å². The average Bonchev–Trinajstić information content (AvgIpc) is 2.90. The van der Waals surface area contributed by atoms with Gasteiger partial charge in [-0.25, -0.2) is 4.39 Å². The van der Waals surface area contributed by atoms with Crippen LogP contribution in [0.2, 0.25) is 0 Å². The minimum Gasteiger partial charge on any atom is -0.372 e. The number of ether oxygens (including phenoxy) is 3. The maximum atomic E-state index is 13.6.